The average Bonchev–Trinajstić information content (AvgIpc) is 2.78. The Morgan fingerprint density at radius 2 is 2.05 bits per heavy atom. The summed E-state index contributed by atoms with van der Waals surface area (Å²) in [6.45, 7) is 1.34. The first-order chi connectivity index (χ1) is 10.3. The lowest BCUT2D eigenvalue weighted by Crippen LogP contribution is -2.42. The second-order valence-electron chi connectivity index (χ2n) is 5.14. The highest BCUT2D eigenvalue weighted by atomic mass is 32.2. The maximum absolute atomic E-state index is 13.4. The average molecular weight is 329 g/mol. The molecule has 22 heavy (non-hydrogen) atoms. The first-order valence-corrected chi connectivity index (χ1v) is 8.57. The van der Waals surface area contributed by atoms with Crippen LogP contribution in [0.3, 0.4) is 0 Å². The van der Waals surface area contributed by atoms with Crippen LogP contribution in [0, 0.1) is 5.82 Å². The molecule has 1 amide bonds. The van der Waals surface area contributed by atoms with Gasteiger partial charge < -0.3 is 10.1 Å². The van der Waals surface area contributed by atoms with Crippen molar-refractivity contribution in [2.45, 2.75) is 25.5 Å². The molecule has 0 saturated carbocycles. The molecule has 8 heteroatoms. The number of ether oxygens (including phenoxy) is 1. The third-order valence-electron chi connectivity index (χ3n) is 3.33. The molecule has 0 aliphatic carbocycles. The number of nitrogens with one attached hydrogen (secondary N) is 1. The summed E-state index contributed by atoms with van der Waals surface area (Å²) in [5.74, 6) is -2.37. The van der Waals surface area contributed by atoms with Crippen molar-refractivity contribution in [3.8, 4) is 0 Å². The Balaban J connectivity index is 1.92. The lowest BCUT2D eigenvalue weighted by Gasteiger charge is -2.16. The molecule has 1 heterocycles. The largest absolute Gasteiger partial charge is 0.449 e. The van der Waals surface area contributed by atoms with E-state index >= 15 is 0 Å². The molecule has 0 unspecified atom stereocenters. The summed E-state index contributed by atoms with van der Waals surface area (Å²) in [5, 5.41) is 2.52. The minimum Gasteiger partial charge on any atom is -0.449 e. The summed E-state index contributed by atoms with van der Waals surface area (Å²) in [6, 6.07) is 4.81. The van der Waals surface area contributed by atoms with Gasteiger partial charge in [-0.05, 0) is 25.5 Å². The molecule has 1 N–H and O–H groups in total. The maximum atomic E-state index is 13.4. The second-order valence-corrected chi connectivity index (χ2v) is 7.36. The van der Waals surface area contributed by atoms with E-state index in [-0.39, 0.29) is 17.1 Å². The van der Waals surface area contributed by atoms with Crippen LogP contribution in [0.25, 0.3) is 0 Å². The van der Waals surface area contributed by atoms with E-state index in [9.17, 15) is 22.4 Å². The van der Waals surface area contributed by atoms with E-state index in [1.165, 1.54) is 25.1 Å². The van der Waals surface area contributed by atoms with Crippen LogP contribution in [0.1, 0.15) is 23.7 Å². The number of amides is 1. The Kier molecular flexibility index (Phi) is 4.80. The van der Waals surface area contributed by atoms with E-state index in [1.807, 2.05) is 0 Å². The molecule has 0 bridgehead atoms. The first kappa shape index (κ1) is 16.4. The van der Waals surface area contributed by atoms with Gasteiger partial charge >= 0.3 is 5.97 Å². The molecule has 120 valence electrons. The van der Waals surface area contributed by atoms with Gasteiger partial charge in [-0.3, -0.25) is 4.79 Å². The second kappa shape index (κ2) is 6.43. The van der Waals surface area contributed by atoms with Gasteiger partial charge in [0, 0.05) is 6.04 Å². The van der Waals surface area contributed by atoms with Gasteiger partial charge in [-0.15, -0.1) is 0 Å². The molecule has 1 aromatic carbocycles. The number of carbonyl (C=O) groups is 2. The molecule has 6 nitrogen and oxygen atoms in total. The summed E-state index contributed by atoms with van der Waals surface area (Å²) >= 11 is 0. The van der Waals surface area contributed by atoms with E-state index < -0.39 is 39.7 Å². The van der Waals surface area contributed by atoms with Crippen LogP contribution in [-0.2, 0) is 19.4 Å². The lowest BCUT2D eigenvalue weighted by atomic mass is 10.2. The molecule has 2 atom stereocenters. The Morgan fingerprint density at radius 3 is 2.64 bits per heavy atom. The molecule has 2 rings (SSSR count). The maximum Gasteiger partial charge on any atom is 0.341 e. The van der Waals surface area contributed by atoms with Crippen LogP contribution in [0.4, 0.5) is 4.39 Å². The van der Waals surface area contributed by atoms with E-state index in [1.54, 1.807) is 0 Å². The Hall–Kier alpha value is -1.96. The van der Waals surface area contributed by atoms with Crippen molar-refractivity contribution >= 4 is 21.7 Å². The molecule has 1 saturated heterocycles. The van der Waals surface area contributed by atoms with Crippen LogP contribution in [0.5, 0.6) is 0 Å². The monoisotopic (exact) mass is 329 g/mol. The first-order valence-electron chi connectivity index (χ1n) is 6.75. The van der Waals surface area contributed by atoms with Gasteiger partial charge in [0.05, 0.1) is 17.1 Å². The number of hydrogen-bond acceptors (Lipinski definition) is 5. The number of halogens is 1. The topological polar surface area (TPSA) is 89.5 Å². The van der Waals surface area contributed by atoms with E-state index in [2.05, 4.69) is 5.32 Å². The third-order valence-corrected chi connectivity index (χ3v) is 5.09. The smallest absolute Gasteiger partial charge is 0.341 e. The van der Waals surface area contributed by atoms with Crippen LogP contribution in [-0.4, -0.2) is 43.9 Å². The fourth-order valence-corrected chi connectivity index (χ4v) is 3.81. The number of rotatable bonds is 4. The van der Waals surface area contributed by atoms with Gasteiger partial charge in [0.2, 0.25) is 0 Å². The summed E-state index contributed by atoms with van der Waals surface area (Å²) in [4.78, 5) is 23.7. The Morgan fingerprint density at radius 1 is 1.36 bits per heavy atom. The number of hydrogen-bond donors (Lipinski definition) is 1. The Labute approximate surface area is 127 Å². The van der Waals surface area contributed by atoms with Crippen molar-refractivity contribution < 1.29 is 27.1 Å². The number of carbonyl (C=O) groups excluding carboxylic acids is 2. The van der Waals surface area contributed by atoms with Gasteiger partial charge in [-0.1, -0.05) is 12.1 Å². The van der Waals surface area contributed by atoms with Crippen LogP contribution in [0.15, 0.2) is 24.3 Å². The zero-order chi connectivity index (χ0) is 16.3. The summed E-state index contributed by atoms with van der Waals surface area (Å²) in [7, 11) is -3.11. The minimum atomic E-state index is -3.11. The molecule has 0 spiro atoms. The predicted octanol–water partition coefficient (Wildman–Crippen LogP) is 0.674. The predicted molar refractivity (Wildman–Crippen MR) is 76.5 cm³/mol. The molecule has 1 aliphatic heterocycles. The Bertz CT molecular complexity index is 688. The molecule has 1 aromatic rings. The molecule has 1 aliphatic rings. The van der Waals surface area contributed by atoms with Crippen molar-refractivity contribution in [1.29, 1.82) is 0 Å². The number of esters is 1. The minimum absolute atomic E-state index is 0.0291. The molecular formula is C14H16FNO5S. The van der Waals surface area contributed by atoms with Gasteiger partial charge in [0.15, 0.2) is 15.9 Å². The fourth-order valence-electron chi connectivity index (χ4n) is 2.13. The molecule has 1 fully saturated rings. The highest BCUT2D eigenvalue weighted by Crippen LogP contribution is 2.13. The SMILES string of the molecule is C[C@H](OC(=O)c1ccccc1F)C(=O)N[C@@H]1CCS(=O)(=O)C1. The fraction of sp³-hybridized carbons (Fsp3) is 0.429. The quantitative estimate of drug-likeness (QED) is 0.820. The molecular weight excluding hydrogens is 313 g/mol. The van der Waals surface area contributed by atoms with E-state index in [0.717, 1.165) is 6.07 Å². The van der Waals surface area contributed by atoms with Gasteiger partial charge in [-0.25, -0.2) is 17.6 Å². The third kappa shape index (κ3) is 4.03. The lowest BCUT2D eigenvalue weighted by molar-refractivity contribution is -0.129. The molecule has 0 radical (unpaired) electrons. The van der Waals surface area contributed by atoms with Gasteiger partial charge in [-0.2, -0.15) is 0 Å². The van der Waals surface area contributed by atoms with Crippen LogP contribution >= 0.6 is 0 Å². The van der Waals surface area contributed by atoms with Gasteiger partial charge in [0.25, 0.3) is 5.91 Å². The summed E-state index contributed by atoms with van der Waals surface area (Å²) in [5.41, 5.74) is -0.259. The summed E-state index contributed by atoms with van der Waals surface area (Å²) < 4.78 is 41.0. The van der Waals surface area contributed by atoms with Crippen molar-refractivity contribution in [2.75, 3.05) is 11.5 Å². The summed E-state index contributed by atoms with van der Waals surface area (Å²) in [6.07, 6.45) is -0.808. The van der Waals surface area contributed by atoms with Crippen LogP contribution in [0.2, 0.25) is 0 Å². The zero-order valence-corrected chi connectivity index (χ0v) is 12.7. The highest BCUT2D eigenvalue weighted by molar-refractivity contribution is 7.91. The van der Waals surface area contributed by atoms with Crippen LogP contribution < -0.4 is 5.32 Å². The zero-order valence-electron chi connectivity index (χ0n) is 11.9. The van der Waals surface area contributed by atoms with E-state index in [4.69, 9.17) is 4.74 Å². The van der Waals surface area contributed by atoms with Gasteiger partial charge in [0.1, 0.15) is 5.82 Å². The highest BCUT2D eigenvalue weighted by Gasteiger charge is 2.31. The molecule has 0 aromatic heterocycles. The van der Waals surface area contributed by atoms with Crippen molar-refractivity contribution in [1.82, 2.24) is 5.32 Å². The van der Waals surface area contributed by atoms with Crippen molar-refractivity contribution in [2.24, 2.45) is 0 Å². The standard InChI is InChI=1S/C14H16FNO5S/c1-9(13(17)16-10-6-7-22(19,20)8-10)21-14(18)11-4-2-3-5-12(11)15/h2-5,9-10H,6-8H2,1H3,(H,16,17)/t9-,10+/m0/s1. The number of sulfone groups is 1. The van der Waals surface area contributed by atoms with Crippen molar-refractivity contribution in [3.05, 3.63) is 35.6 Å². The normalized spacial score (nSPS) is 21.1. The van der Waals surface area contributed by atoms with E-state index in [0.29, 0.717) is 6.42 Å². The van der Waals surface area contributed by atoms with Crippen molar-refractivity contribution in [3.63, 3.8) is 0 Å². The number of benzene rings is 1.